The maximum absolute atomic E-state index is 13.0. The van der Waals surface area contributed by atoms with Crippen molar-refractivity contribution in [1.82, 2.24) is 5.32 Å². The first-order valence-electron chi connectivity index (χ1n) is 14.2. The Kier molecular flexibility index (Phi) is 11.3. The van der Waals surface area contributed by atoms with Crippen molar-refractivity contribution >= 4 is 36.4 Å². The molecule has 0 saturated heterocycles. The molecule has 4 N–H and O–H groups in total. The first-order valence-corrected chi connectivity index (χ1v) is 16.1. The van der Waals surface area contributed by atoms with Gasteiger partial charge < -0.3 is 25.5 Å². The van der Waals surface area contributed by atoms with Gasteiger partial charge in [-0.3, -0.25) is 4.79 Å². The third kappa shape index (κ3) is 9.59. The molecule has 0 aliphatic carbocycles. The zero-order chi connectivity index (χ0) is 31.5. The molecule has 0 bridgehead atoms. The van der Waals surface area contributed by atoms with Crippen LogP contribution in [0.1, 0.15) is 47.1 Å². The Labute approximate surface area is 256 Å². The molecule has 43 heavy (non-hydrogen) atoms. The number of hydrogen-bond acceptors (Lipinski definition) is 5. The highest BCUT2D eigenvalue weighted by Gasteiger charge is 2.50. The molecule has 1 unspecified atom stereocenters. The summed E-state index contributed by atoms with van der Waals surface area (Å²) in [4.78, 5) is 24.7. The quantitative estimate of drug-likeness (QED) is 0.265. The predicted octanol–water partition coefficient (Wildman–Crippen LogP) is 4.41. The second-order valence-electron chi connectivity index (χ2n) is 12.1. The van der Waals surface area contributed by atoms with Crippen molar-refractivity contribution in [1.29, 1.82) is 0 Å². The fourth-order valence-corrected chi connectivity index (χ4v) is 9.13. The molecule has 0 saturated carbocycles. The van der Waals surface area contributed by atoms with Crippen LogP contribution in [0.4, 0.5) is 10.5 Å². The Bertz CT molecular complexity index is 1450. The van der Waals surface area contributed by atoms with E-state index < -0.39 is 26.1 Å². The van der Waals surface area contributed by atoms with Crippen molar-refractivity contribution in [3.8, 4) is 23.7 Å². The molecule has 3 rings (SSSR count). The van der Waals surface area contributed by atoms with Crippen LogP contribution in [0.3, 0.4) is 0 Å². The van der Waals surface area contributed by atoms with Crippen molar-refractivity contribution in [2.45, 2.75) is 58.2 Å². The maximum Gasteiger partial charge on any atom is 0.408 e. The molecule has 0 aromatic heterocycles. The molecular formula is C35H41N3O4Si. The third-order valence-electron chi connectivity index (χ3n) is 6.46. The summed E-state index contributed by atoms with van der Waals surface area (Å²) in [5, 5.41) is 7.46. The summed E-state index contributed by atoms with van der Waals surface area (Å²) in [7, 11) is -2.81. The number of nitrogens with one attached hydrogen (secondary N) is 2. The first-order chi connectivity index (χ1) is 20.3. The number of alkyl carbamates (subject to hydrolysis) is 1. The smallest absolute Gasteiger partial charge is 0.408 e. The number of nitrogens with two attached hydrogens (primary N) is 1. The Morgan fingerprint density at radius 2 is 1.40 bits per heavy atom. The number of carbonyl (C=O) groups is 2. The zero-order valence-electron chi connectivity index (χ0n) is 25.8. The fraction of sp³-hybridized carbons (Fsp3) is 0.314. The Hall–Kier alpha value is -4.34. The number of ether oxygens (including phenoxy) is 1. The van der Waals surface area contributed by atoms with Gasteiger partial charge in [0.05, 0.1) is 13.2 Å². The summed E-state index contributed by atoms with van der Waals surface area (Å²) in [6.07, 6.45) is -0.526. The van der Waals surface area contributed by atoms with Gasteiger partial charge in [0.1, 0.15) is 11.6 Å². The van der Waals surface area contributed by atoms with Crippen LogP contribution in [0.15, 0.2) is 84.9 Å². The molecular weight excluding hydrogens is 554 g/mol. The molecule has 1 atom stereocenters. The molecule has 0 spiro atoms. The van der Waals surface area contributed by atoms with Crippen LogP contribution >= 0.6 is 0 Å². The van der Waals surface area contributed by atoms with E-state index in [1.807, 2.05) is 36.4 Å². The lowest BCUT2D eigenvalue weighted by molar-refractivity contribution is -0.118. The third-order valence-corrected chi connectivity index (χ3v) is 11.5. The molecule has 0 radical (unpaired) electrons. The topological polar surface area (TPSA) is 103 Å². The molecule has 7 nitrogen and oxygen atoms in total. The summed E-state index contributed by atoms with van der Waals surface area (Å²) in [5.74, 6) is 10.8. The number of hydrogen-bond donors (Lipinski definition) is 3. The van der Waals surface area contributed by atoms with E-state index in [0.29, 0.717) is 5.69 Å². The minimum atomic E-state index is -2.81. The van der Waals surface area contributed by atoms with E-state index in [2.05, 4.69) is 79.4 Å². The average Bonchev–Trinajstić information content (AvgIpc) is 2.95. The lowest BCUT2D eigenvalue weighted by Gasteiger charge is -2.43. The molecule has 0 heterocycles. The minimum absolute atomic E-state index is 0.0735. The molecule has 224 valence electrons. The Balaban J connectivity index is 1.62. The second-order valence-corrected chi connectivity index (χ2v) is 16.4. The monoisotopic (exact) mass is 595 g/mol. The number of anilines is 1. The average molecular weight is 596 g/mol. The highest BCUT2D eigenvalue weighted by atomic mass is 28.4. The number of benzene rings is 3. The van der Waals surface area contributed by atoms with Crippen LogP contribution < -0.4 is 26.7 Å². The van der Waals surface area contributed by atoms with Gasteiger partial charge in [0, 0.05) is 11.3 Å². The molecule has 0 aliphatic heterocycles. The molecule has 8 heteroatoms. The van der Waals surface area contributed by atoms with E-state index in [4.69, 9.17) is 14.9 Å². The van der Waals surface area contributed by atoms with Crippen LogP contribution in [0, 0.1) is 23.7 Å². The number of rotatable bonds is 8. The van der Waals surface area contributed by atoms with Gasteiger partial charge in [-0.1, -0.05) is 93.3 Å². The van der Waals surface area contributed by atoms with E-state index in [1.54, 1.807) is 45.0 Å². The van der Waals surface area contributed by atoms with E-state index in [1.165, 1.54) is 0 Å². The van der Waals surface area contributed by atoms with Gasteiger partial charge in [-0.15, -0.1) is 0 Å². The fourth-order valence-electron chi connectivity index (χ4n) is 4.55. The Morgan fingerprint density at radius 3 is 1.91 bits per heavy atom. The van der Waals surface area contributed by atoms with Crippen LogP contribution in [-0.4, -0.2) is 45.1 Å². The normalized spacial score (nSPS) is 12.1. The van der Waals surface area contributed by atoms with Crippen molar-refractivity contribution in [3.05, 3.63) is 90.5 Å². The summed E-state index contributed by atoms with van der Waals surface area (Å²) in [6.45, 7) is 12.1. The van der Waals surface area contributed by atoms with E-state index in [0.717, 1.165) is 15.9 Å². The largest absolute Gasteiger partial charge is 0.444 e. The van der Waals surface area contributed by atoms with Gasteiger partial charge in [-0.05, 0) is 72.3 Å². The van der Waals surface area contributed by atoms with Crippen LogP contribution in [0.2, 0.25) is 5.04 Å². The molecule has 0 aliphatic rings. The molecule has 3 aromatic rings. The molecule has 0 fully saturated rings. The molecule has 3 aromatic carbocycles. The first kappa shape index (κ1) is 33.2. The van der Waals surface area contributed by atoms with Gasteiger partial charge in [0.25, 0.3) is 8.32 Å². The van der Waals surface area contributed by atoms with Gasteiger partial charge in [0.2, 0.25) is 5.91 Å². The van der Waals surface area contributed by atoms with Crippen LogP contribution in [-0.2, 0) is 14.0 Å². The van der Waals surface area contributed by atoms with Crippen LogP contribution in [0.5, 0.6) is 0 Å². The van der Waals surface area contributed by atoms with Gasteiger partial charge in [-0.25, -0.2) is 4.79 Å². The zero-order valence-corrected chi connectivity index (χ0v) is 26.8. The maximum atomic E-state index is 13.0. The predicted molar refractivity (Wildman–Crippen MR) is 176 cm³/mol. The summed E-state index contributed by atoms with van der Waals surface area (Å²) in [5.41, 5.74) is 7.14. The second kappa shape index (κ2) is 14.7. The highest BCUT2D eigenvalue weighted by Crippen LogP contribution is 2.36. The lowest BCUT2D eigenvalue weighted by atomic mass is 10.2. The van der Waals surface area contributed by atoms with Gasteiger partial charge in [-0.2, -0.15) is 0 Å². The van der Waals surface area contributed by atoms with Crippen molar-refractivity contribution in [3.63, 3.8) is 0 Å². The SMILES string of the molecule is CC(C)(C)OC(=O)NCC#CC#Cc1ccc(NC(=O)C(N)CO[Si](c2ccccc2)(c2ccccc2)C(C)(C)C)cc1. The molecule has 2 amide bonds. The standard InChI is InChI=1S/C35H41N3O4Si/c1-34(2,3)42-33(40)37-25-15-9-10-16-27-21-23-28(24-22-27)38-32(39)31(36)26-41-43(35(4,5)6,29-17-11-7-12-18-29)30-19-13-8-14-20-30/h7-8,11-14,17-24,31H,25-26,36H2,1-6H3,(H,37,40)(H,38,39). The van der Waals surface area contributed by atoms with Crippen molar-refractivity contribution < 1.29 is 18.8 Å². The van der Waals surface area contributed by atoms with E-state index >= 15 is 0 Å². The lowest BCUT2D eigenvalue weighted by Crippen LogP contribution is -2.67. The number of carbonyl (C=O) groups excluding carboxylic acids is 2. The summed E-state index contributed by atoms with van der Waals surface area (Å²) < 4.78 is 12.0. The highest BCUT2D eigenvalue weighted by molar-refractivity contribution is 6.99. The van der Waals surface area contributed by atoms with Crippen molar-refractivity contribution in [2.24, 2.45) is 5.73 Å². The van der Waals surface area contributed by atoms with E-state index in [9.17, 15) is 9.59 Å². The summed E-state index contributed by atoms with van der Waals surface area (Å²) >= 11 is 0. The van der Waals surface area contributed by atoms with Gasteiger partial charge in [0.15, 0.2) is 0 Å². The van der Waals surface area contributed by atoms with E-state index in [-0.39, 0.29) is 24.1 Å². The minimum Gasteiger partial charge on any atom is -0.444 e. The summed E-state index contributed by atoms with van der Waals surface area (Å²) in [6, 6.07) is 26.7. The number of amides is 2. The Morgan fingerprint density at radius 1 is 0.837 bits per heavy atom. The van der Waals surface area contributed by atoms with Gasteiger partial charge >= 0.3 is 6.09 Å². The van der Waals surface area contributed by atoms with Crippen molar-refractivity contribution in [2.75, 3.05) is 18.5 Å². The van der Waals surface area contributed by atoms with Crippen LogP contribution in [0.25, 0.3) is 0 Å².